The molecule has 0 amide bonds. The van der Waals surface area contributed by atoms with Gasteiger partial charge in [0.15, 0.2) is 19.7 Å². The number of halogens is 1. The minimum Gasteiger partial charge on any atom is -0.301 e. The zero-order valence-electron chi connectivity index (χ0n) is 14.1. The van der Waals surface area contributed by atoms with Gasteiger partial charge in [0, 0.05) is 37.2 Å². The van der Waals surface area contributed by atoms with Crippen LogP contribution in [0, 0.1) is 0 Å². The first-order valence-corrected chi connectivity index (χ1v) is 12.1. The predicted molar refractivity (Wildman–Crippen MR) is 98.6 cm³/mol. The van der Waals surface area contributed by atoms with Crippen molar-refractivity contribution in [2.24, 2.45) is 0 Å². The van der Waals surface area contributed by atoms with Crippen LogP contribution in [0.15, 0.2) is 29.2 Å². The fourth-order valence-electron chi connectivity index (χ4n) is 3.64. The smallest absolute Gasteiger partial charge is 0.183 e. The first-order chi connectivity index (χ1) is 11.7. The van der Waals surface area contributed by atoms with Crippen molar-refractivity contribution in [3.05, 3.63) is 29.3 Å². The molecule has 2 atom stereocenters. The highest BCUT2D eigenvalue weighted by Gasteiger charge is 2.48. The molecule has 140 valence electrons. The van der Waals surface area contributed by atoms with Gasteiger partial charge in [-0.15, -0.1) is 0 Å². The molecule has 2 aliphatic heterocycles. The van der Waals surface area contributed by atoms with Crippen LogP contribution in [0.25, 0.3) is 0 Å². The van der Waals surface area contributed by atoms with Crippen LogP contribution in [-0.4, -0.2) is 82.2 Å². The quantitative estimate of drug-likeness (QED) is 0.740. The summed E-state index contributed by atoms with van der Waals surface area (Å²) in [5, 5.41) is -0.475. The van der Waals surface area contributed by atoms with Crippen molar-refractivity contribution >= 4 is 31.3 Å². The van der Waals surface area contributed by atoms with E-state index >= 15 is 0 Å². The summed E-state index contributed by atoms with van der Waals surface area (Å²) in [6.45, 7) is 6.09. The van der Waals surface area contributed by atoms with Crippen molar-refractivity contribution < 1.29 is 16.8 Å². The summed E-state index contributed by atoms with van der Waals surface area (Å²) in [7, 11) is -7.11. The Bertz CT molecular complexity index is 816. The van der Waals surface area contributed by atoms with E-state index in [1.807, 2.05) is 4.90 Å². The largest absolute Gasteiger partial charge is 0.301 e. The number of piperazine rings is 1. The van der Waals surface area contributed by atoms with E-state index in [-0.39, 0.29) is 16.4 Å². The number of likely N-dealkylation sites (N-methyl/N-ethyl adjacent to an activating group) is 1. The lowest BCUT2D eigenvalue weighted by atomic mass is 10.2. The molecule has 1 aromatic carbocycles. The summed E-state index contributed by atoms with van der Waals surface area (Å²) < 4.78 is 50.6. The number of rotatable bonds is 4. The van der Waals surface area contributed by atoms with Gasteiger partial charge in [-0.3, -0.25) is 4.90 Å². The van der Waals surface area contributed by atoms with Gasteiger partial charge in [-0.25, -0.2) is 16.8 Å². The third-order valence-corrected chi connectivity index (χ3v) is 9.52. The third kappa shape index (κ3) is 4.03. The fourth-order valence-corrected chi connectivity index (χ4v) is 8.60. The number of hydrogen-bond acceptors (Lipinski definition) is 6. The maximum absolute atomic E-state index is 13.1. The first kappa shape index (κ1) is 19.1. The SMILES string of the molecule is CCN1CCN([C@H]2CS(=O)(=O)C[C@@H]2S(=O)(=O)c2ccc(Cl)cc2)CC1. The Morgan fingerprint density at radius 2 is 1.68 bits per heavy atom. The molecule has 0 bridgehead atoms. The molecule has 1 aromatic rings. The Labute approximate surface area is 154 Å². The van der Waals surface area contributed by atoms with Gasteiger partial charge in [-0.1, -0.05) is 18.5 Å². The number of sulfone groups is 2. The average Bonchev–Trinajstić information content (AvgIpc) is 2.92. The Morgan fingerprint density at radius 1 is 1.08 bits per heavy atom. The molecule has 2 saturated heterocycles. The molecule has 6 nitrogen and oxygen atoms in total. The summed E-state index contributed by atoms with van der Waals surface area (Å²) in [6, 6.07) is 5.47. The number of nitrogens with zero attached hydrogens (tertiary/aromatic N) is 2. The van der Waals surface area contributed by atoms with Gasteiger partial charge < -0.3 is 4.90 Å². The minimum atomic E-state index is -3.74. The van der Waals surface area contributed by atoms with Crippen LogP contribution in [-0.2, 0) is 19.7 Å². The second-order valence-electron chi connectivity index (χ2n) is 6.65. The first-order valence-electron chi connectivity index (χ1n) is 8.39. The standard InChI is InChI=1S/C16H23ClN2O4S2/c1-2-18-7-9-19(10-8-18)15-11-24(20,21)12-16(15)25(22,23)14-5-3-13(17)4-6-14/h3-6,15-16H,2,7-12H2,1H3/t15-,16-/m0/s1. The van der Waals surface area contributed by atoms with Gasteiger partial charge in [0.05, 0.1) is 21.7 Å². The molecule has 0 spiro atoms. The molecule has 9 heteroatoms. The van der Waals surface area contributed by atoms with E-state index in [0.29, 0.717) is 18.1 Å². The highest BCUT2D eigenvalue weighted by Crippen LogP contribution is 2.30. The van der Waals surface area contributed by atoms with Gasteiger partial charge >= 0.3 is 0 Å². The van der Waals surface area contributed by atoms with Crippen molar-refractivity contribution in [1.82, 2.24) is 9.80 Å². The van der Waals surface area contributed by atoms with Gasteiger partial charge in [0.25, 0.3) is 0 Å². The van der Waals surface area contributed by atoms with Crippen LogP contribution < -0.4 is 0 Å². The monoisotopic (exact) mass is 406 g/mol. The highest BCUT2D eigenvalue weighted by molar-refractivity contribution is 7.96. The molecule has 25 heavy (non-hydrogen) atoms. The molecule has 3 rings (SSSR count). The number of benzene rings is 1. The Hall–Kier alpha value is -0.670. The van der Waals surface area contributed by atoms with Crippen molar-refractivity contribution in [3.8, 4) is 0 Å². The summed E-state index contributed by atoms with van der Waals surface area (Å²) in [4.78, 5) is 4.45. The Morgan fingerprint density at radius 3 is 2.24 bits per heavy atom. The molecular formula is C16H23ClN2O4S2. The van der Waals surface area contributed by atoms with Crippen molar-refractivity contribution in [3.63, 3.8) is 0 Å². The molecule has 2 fully saturated rings. The fraction of sp³-hybridized carbons (Fsp3) is 0.625. The lowest BCUT2D eigenvalue weighted by Crippen LogP contribution is -2.54. The van der Waals surface area contributed by atoms with Gasteiger partial charge in [-0.2, -0.15) is 0 Å². The van der Waals surface area contributed by atoms with Crippen LogP contribution in [0.3, 0.4) is 0 Å². The van der Waals surface area contributed by atoms with E-state index in [9.17, 15) is 16.8 Å². The summed E-state index contributed by atoms with van der Waals surface area (Å²) in [5.74, 6) is -0.396. The van der Waals surface area contributed by atoms with Gasteiger partial charge in [0.2, 0.25) is 0 Å². The normalized spacial score (nSPS) is 28.2. The van der Waals surface area contributed by atoms with E-state index < -0.39 is 31.0 Å². The van der Waals surface area contributed by atoms with Crippen LogP contribution in [0.2, 0.25) is 5.02 Å². The zero-order valence-corrected chi connectivity index (χ0v) is 16.5. The molecule has 0 unspecified atom stereocenters. The van der Waals surface area contributed by atoms with E-state index in [2.05, 4.69) is 11.8 Å². The van der Waals surface area contributed by atoms with Crippen LogP contribution >= 0.6 is 11.6 Å². The van der Waals surface area contributed by atoms with E-state index in [4.69, 9.17) is 11.6 Å². The van der Waals surface area contributed by atoms with Crippen molar-refractivity contribution in [1.29, 1.82) is 0 Å². The zero-order chi connectivity index (χ0) is 18.2. The van der Waals surface area contributed by atoms with Crippen molar-refractivity contribution in [2.75, 3.05) is 44.2 Å². The molecule has 0 saturated carbocycles. The van der Waals surface area contributed by atoms with E-state index in [1.54, 1.807) is 0 Å². The molecule has 0 aliphatic carbocycles. The maximum atomic E-state index is 13.1. The van der Waals surface area contributed by atoms with Crippen LogP contribution in [0.5, 0.6) is 0 Å². The minimum absolute atomic E-state index is 0.0867. The third-order valence-electron chi connectivity index (χ3n) is 5.14. The number of hydrogen-bond donors (Lipinski definition) is 0. The molecule has 2 heterocycles. The highest BCUT2D eigenvalue weighted by atomic mass is 35.5. The second kappa shape index (κ2) is 7.15. The van der Waals surface area contributed by atoms with Gasteiger partial charge in [-0.05, 0) is 30.8 Å². The Kier molecular flexibility index (Phi) is 5.46. The molecule has 0 N–H and O–H groups in total. The van der Waals surface area contributed by atoms with Gasteiger partial charge in [0.1, 0.15) is 0 Å². The topological polar surface area (TPSA) is 74.8 Å². The van der Waals surface area contributed by atoms with Crippen LogP contribution in [0.4, 0.5) is 0 Å². The average molecular weight is 407 g/mol. The summed E-state index contributed by atoms with van der Waals surface area (Å²) in [5.41, 5.74) is 0. The maximum Gasteiger partial charge on any atom is 0.183 e. The van der Waals surface area contributed by atoms with Crippen molar-refractivity contribution in [2.45, 2.75) is 23.1 Å². The van der Waals surface area contributed by atoms with Crippen LogP contribution in [0.1, 0.15) is 6.92 Å². The summed E-state index contributed by atoms with van der Waals surface area (Å²) in [6.07, 6.45) is 0. The molecule has 0 radical (unpaired) electrons. The predicted octanol–water partition coefficient (Wildman–Crippen LogP) is 0.917. The lowest BCUT2D eigenvalue weighted by Gasteiger charge is -2.38. The molecule has 0 aromatic heterocycles. The van der Waals surface area contributed by atoms with E-state index in [1.165, 1.54) is 24.3 Å². The second-order valence-corrected chi connectivity index (χ2v) is 11.4. The van der Waals surface area contributed by atoms with E-state index in [0.717, 1.165) is 19.6 Å². The summed E-state index contributed by atoms with van der Waals surface area (Å²) >= 11 is 5.84. The lowest BCUT2D eigenvalue weighted by molar-refractivity contribution is 0.109. The Balaban J connectivity index is 1.88. The molecular weight excluding hydrogens is 384 g/mol. The molecule has 2 aliphatic rings.